The summed E-state index contributed by atoms with van der Waals surface area (Å²) < 4.78 is 33.2. The molecule has 1 atom stereocenters. The number of ether oxygens (including phenoxy) is 1. The van der Waals surface area contributed by atoms with Gasteiger partial charge in [-0.15, -0.1) is 0 Å². The van der Waals surface area contributed by atoms with E-state index in [1.54, 1.807) is 13.0 Å². The summed E-state index contributed by atoms with van der Waals surface area (Å²) in [5, 5.41) is 0. The van der Waals surface area contributed by atoms with Crippen molar-refractivity contribution in [2.24, 2.45) is 0 Å². The van der Waals surface area contributed by atoms with Crippen LogP contribution in [0.5, 0.6) is 0 Å². The molecule has 0 saturated carbocycles. The second-order valence-electron chi connectivity index (χ2n) is 6.23. The molecular weight excluding hydrogens is 338 g/mol. The second-order valence-corrected chi connectivity index (χ2v) is 7.95. The summed E-state index contributed by atoms with van der Waals surface area (Å²) in [6.07, 6.45) is 2.66. The lowest BCUT2D eigenvalue weighted by atomic mass is 9.88. The lowest BCUT2D eigenvalue weighted by Gasteiger charge is -2.26. The summed E-state index contributed by atoms with van der Waals surface area (Å²) in [7, 11) is -2.46. The summed E-state index contributed by atoms with van der Waals surface area (Å²) in [6, 6.07) is 12.2. The van der Waals surface area contributed by atoms with Crippen molar-refractivity contribution in [3.8, 4) is 0 Å². The Morgan fingerprint density at radius 2 is 1.96 bits per heavy atom. The Balaban J connectivity index is 1.92. The number of nitrogens with one attached hydrogen (secondary N) is 1. The number of carbonyl (C=O) groups excluding carboxylic acids is 1. The fraction of sp³-hybridized carbons (Fsp3) is 0.316. The maximum atomic E-state index is 12.8. The zero-order chi connectivity index (χ0) is 18.0. The van der Waals surface area contributed by atoms with Gasteiger partial charge in [0.15, 0.2) is 0 Å². The minimum Gasteiger partial charge on any atom is -0.465 e. The number of sulfonamides is 1. The molecule has 0 bridgehead atoms. The molecule has 0 aliphatic heterocycles. The van der Waals surface area contributed by atoms with Crippen LogP contribution in [-0.4, -0.2) is 21.5 Å². The molecule has 1 aliphatic rings. The standard InChI is InChI=1S/C19H21NO4S/c1-13-10-11-15(12-17(13)19(21)24-2)25(22,23)20-18-9-5-7-14-6-3-4-8-16(14)18/h3-4,6,8,10-12,18,20H,5,7,9H2,1-2H3/t18-/m1/s1. The van der Waals surface area contributed by atoms with Crippen molar-refractivity contribution in [2.45, 2.75) is 37.1 Å². The van der Waals surface area contributed by atoms with Gasteiger partial charge in [-0.2, -0.15) is 0 Å². The molecule has 1 aliphatic carbocycles. The molecule has 2 aromatic carbocycles. The van der Waals surface area contributed by atoms with Gasteiger partial charge in [0, 0.05) is 6.04 Å². The van der Waals surface area contributed by atoms with E-state index in [0.717, 1.165) is 24.8 Å². The Bertz CT molecular complexity index is 905. The van der Waals surface area contributed by atoms with Crippen LogP contribution in [0, 0.1) is 6.92 Å². The molecular formula is C19H21NO4S. The van der Waals surface area contributed by atoms with Crippen molar-refractivity contribution in [3.63, 3.8) is 0 Å². The summed E-state index contributed by atoms with van der Waals surface area (Å²) in [6.45, 7) is 1.74. The Kier molecular flexibility index (Phi) is 4.92. The highest BCUT2D eigenvalue weighted by atomic mass is 32.2. The van der Waals surface area contributed by atoms with Crippen LogP contribution in [0.3, 0.4) is 0 Å². The van der Waals surface area contributed by atoms with E-state index in [9.17, 15) is 13.2 Å². The van der Waals surface area contributed by atoms with Gasteiger partial charge in [-0.25, -0.2) is 17.9 Å². The molecule has 3 rings (SSSR count). The zero-order valence-electron chi connectivity index (χ0n) is 14.3. The van der Waals surface area contributed by atoms with Gasteiger partial charge >= 0.3 is 5.97 Å². The topological polar surface area (TPSA) is 72.5 Å². The predicted molar refractivity (Wildman–Crippen MR) is 95.0 cm³/mol. The van der Waals surface area contributed by atoms with Crippen LogP contribution in [0.4, 0.5) is 0 Å². The van der Waals surface area contributed by atoms with Gasteiger partial charge in [-0.1, -0.05) is 30.3 Å². The smallest absolute Gasteiger partial charge is 0.338 e. The van der Waals surface area contributed by atoms with Gasteiger partial charge in [-0.3, -0.25) is 0 Å². The fourth-order valence-corrected chi connectivity index (χ4v) is 4.51. The van der Waals surface area contributed by atoms with Gasteiger partial charge in [0.1, 0.15) is 0 Å². The van der Waals surface area contributed by atoms with Crippen molar-refractivity contribution in [3.05, 3.63) is 64.7 Å². The quantitative estimate of drug-likeness (QED) is 0.851. The van der Waals surface area contributed by atoms with Crippen LogP contribution in [0.15, 0.2) is 47.4 Å². The highest BCUT2D eigenvalue weighted by Gasteiger charge is 2.26. The van der Waals surface area contributed by atoms with E-state index in [1.807, 2.05) is 24.3 Å². The van der Waals surface area contributed by atoms with Gasteiger partial charge in [-0.05, 0) is 55.0 Å². The Morgan fingerprint density at radius 3 is 2.72 bits per heavy atom. The van der Waals surface area contributed by atoms with Crippen LogP contribution in [0.2, 0.25) is 0 Å². The largest absolute Gasteiger partial charge is 0.465 e. The van der Waals surface area contributed by atoms with Crippen molar-refractivity contribution < 1.29 is 17.9 Å². The van der Waals surface area contributed by atoms with Crippen LogP contribution in [0.1, 0.15) is 45.9 Å². The molecule has 0 amide bonds. The van der Waals surface area contributed by atoms with Crippen LogP contribution >= 0.6 is 0 Å². The number of hydrogen-bond acceptors (Lipinski definition) is 4. The molecule has 0 spiro atoms. The number of fused-ring (bicyclic) bond motifs is 1. The normalized spacial score (nSPS) is 17.0. The van der Waals surface area contributed by atoms with Gasteiger partial charge < -0.3 is 4.74 Å². The van der Waals surface area contributed by atoms with E-state index < -0.39 is 16.0 Å². The maximum absolute atomic E-state index is 12.8. The predicted octanol–water partition coefficient (Wildman–Crippen LogP) is 3.14. The molecule has 6 heteroatoms. The van der Waals surface area contributed by atoms with Gasteiger partial charge in [0.2, 0.25) is 10.0 Å². The number of methoxy groups -OCH3 is 1. The monoisotopic (exact) mass is 359 g/mol. The molecule has 0 fully saturated rings. The van der Waals surface area contributed by atoms with E-state index in [0.29, 0.717) is 5.56 Å². The summed E-state index contributed by atoms with van der Waals surface area (Å²) >= 11 is 0. The molecule has 5 nitrogen and oxygen atoms in total. The average Bonchev–Trinajstić information content (AvgIpc) is 2.61. The molecule has 25 heavy (non-hydrogen) atoms. The van der Waals surface area contributed by atoms with Crippen molar-refractivity contribution in [2.75, 3.05) is 7.11 Å². The number of benzene rings is 2. The molecule has 1 N–H and O–H groups in total. The molecule has 2 aromatic rings. The molecule has 0 saturated heterocycles. The fourth-order valence-electron chi connectivity index (χ4n) is 3.23. The van der Waals surface area contributed by atoms with Crippen LogP contribution in [-0.2, 0) is 21.2 Å². The van der Waals surface area contributed by atoms with E-state index >= 15 is 0 Å². The number of carbonyl (C=O) groups is 1. The Hall–Kier alpha value is -2.18. The highest BCUT2D eigenvalue weighted by molar-refractivity contribution is 7.89. The average molecular weight is 359 g/mol. The first-order valence-electron chi connectivity index (χ1n) is 8.21. The summed E-state index contributed by atoms with van der Waals surface area (Å²) in [4.78, 5) is 11.9. The first-order chi connectivity index (χ1) is 11.9. The van der Waals surface area contributed by atoms with Crippen molar-refractivity contribution in [1.29, 1.82) is 0 Å². The van der Waals surface area contributed by atoms with Gasteiger partial charge in [0.25, 0.3) is 0 Å². The molecule has 0 aromatic heterocycles. The second kappa shape index (κ2) is 6.98. The number of esters is 1. The van der Waals surface area contributed by atoms with E-state index in [2.05, 4.69) is 4.72 Å². The van der Waals surface area contributed by atoms with Crippen LogP contribution in [0.25, 0.3) is 0 Å². The lowest BCUT2D eigenvalue weighted by molar-refractivity contribution is 0.0599. The Labute approximate surface area is 148 Å². The lowest BCUT2D eigenvalue weighted by Crippen LogP contribution is -2.31. The number of hydrogen-bond donors (Lipinski definition) is 1. The SMILES string of the molecule is COC(=O)c1cc(S(=O)(=O)N[C@@H]2CCCc3ccccc32)ccc1C. The minimum absolute atomic E-state index is 0.0709. The van der Waals surface area contributed by atoms with Gasteiger partial charge in [0.05, 0.1) is 17.6 Å². The molecule has 0 heterocycles. The maximum Gasteiger partial charge on any atom is 0.338 e. The van der Waals surface area contributed by atoms with E-state index in [4.69, 9.17) is 4.74 Å². The molecule has 0 unspecified atom stereocenters. The number of rotatable bonds is 4. The van der Waals surface area contributed by atoms with Crippen molar-refractivity contribution in [1.82, 2.24) is 4.72 Å². The third-order valence-electron chi connectivity index (χ3n) is 4.59. The van der Waals surface area contributed by atoms with E-state index in [1.165, 1.54) is 24.8 Å². The third-order valence-corrected chi connectivity index (χ3v) is 6.06. The summed E-state index contributed by atoms with van der Waals surface area (Å²) in [5.41, 5.74) is 3.14. The summed E-state index contributed by atoms with van der Waals surface area (Å²) in [5.74, 6) is -0.544. The third kappa shape index (κ3) is 3.60. The number of aryl methyl sites for hydroxylation is 2. The van der Waals surface area contributed by atoms with E-state index in [-0.39, 0.29) is 16.5 Å². The Morgan fingerprint density at radius 1 is 1.20 bits per heavy atom. The van der Waals surface area contributed by atoms with Crippen LogP contribution < -0.4 is 4.72 Å². The zero-order valence-corrected chi connectivity index (χ0v) is 15.1. The highest BCUT2D eigenvalue weighted by Crippen LogP contribution is 2.31. The molecule has 0 radical (unpaired) electrons. The first kappa shape index (κ1) is 17.6. The molecule has 132 valence electrons. The first-order valence-corrected chi connectivity index (χ1v) is 9.70. The minimum atomic E-state index is -3.74. The van der Waals surface area contributed by atoms with Crippen molar-refractivity contribution >= 4 is 16.0 Å².